The number of hydrogen-bond donors (Lipinski definition) is 1. The number of nitrogens with one attached hydrogen (secondary N) is 1. The zero-order valence-electron chi connectivity index (χ0n) is 26.2. The first-order valence-corrected chi connectivity index (χ1v) is 17.4. The van der Waals surface area contributed by atoms with Crippen LogP contribution in [-0.2, 0) is 16.6 Å². The van der Waals surface area contributed by atoms with Gasteiger partial charge in [-0.05, 0) is 92.2 Å². The van der Waals surface area contributed by atoms with Gasteiger partial charge in [-0.2, -0.15) is 0 Å². The van der Waals surface area contributed by atoms with Crippen molar-refractivity contribution >= 4 is 48.9 Å². The first kappa shape index (κ1) is 32.2. The largest absolute Gasteiger partial charge is 0.496 e. The van der Waals surface area contributed by atoms with E-state index in [9.17, 15) is 13.2 Å². The molecule has 6 rings (SSSR count). The predicted octanol–water partition coefficient (Wildman–Crippen LogP) is 8.33. The van der Waals surface area contributed by atoms with Gasteiger partial charge in [0.25, 0.3) is 15.9 Å². The van der Waals surface area contributed by atoms with Gasteiger partial charge in [-0.15, -0.1) is 0 Å². The van der Waals surface area contributed by atoms with E-state index in [0.717, 1.165) is 21.2 Å². The Morgan fingerprint density at radius 2 is 1.60 bits per heavy atom. The Bertz CT molecular complexity index is 2000. The third-order valence-electron chi connectivity index (χ3n) is 7.97. The molecule has 0 saturated carbocycles. The molecule has 0 radical (unpaired) electrons. The van der Waals surface area contributed by atoms with Crippen LogP contribution >= 0.6 is 15.9 Å². The van der Waals surface area contributed by atoms with Crippen LogP contribution in [0, 0.1) is 6.92 Å². The first-order chi connectivity index (χ1) is 22.7. The van der Waals surface area contributed by atoms with E-state index in [2.05, 4.69) is 25.6 Å². The number of carbonyl (C=O) groups excluding carboxylic acids is 1. The van der Waals surface area contributed by atoms with Gasteiger partial charge >= 0.3 is 0 Å². The molecule has 240 valence electrons. The molecule has 5 aromatic rings. The zero-order chi connectivity index (χ0) is 33.1. The van der Waals surface area contributed by atoms with Crippen molar-refractivity contribution < 1.29 is 22.7 Å². The quantitative estimate of drug-likeness (QED) is 0.157. The molecule has 0 bridgehead atoms. The lowest BCUT2D eigenvalue weighted by molar-refractivity contribution is 0.0967. The van der Waals surface area contributed by atoms with E-state index in [4.69, 9.17) is 9.47 Å². The highest BCUT2D eigenvalue weighted by atomic mass is 79.9. The first-order valence-electron chi connectivity index (χ1n) is 15.1. The summed E-state index contributed by atoms with van der Waals surface area (Å²) < 4.78 is 42.1. The van der Waals surface area contributed by atoms with Gasteiger partial charge in [-0.1, -0.05) is 64.0 Å². The van der Waals surface area contributed by atoms with E-state index in [1.807, 2.05) is 86.6 Å². The smallest absolute Gasteiger partial charge is 0.262 e. The maximum absolute atomic E-state index is 14.7. The molecular formula is C37H34BrN3O5S. The van der Waals surface area contributed by atoms with Crippen LogP contribution in [0.3, 0.4) is 0 Å². The molecule has 5 aromatic carbocycles. The van der Waals surface area contributed by atoms with Crippen molar-refractivity contribution in [2.45, 2.75) is 31.5 Å². The minimum absolute atomic E-state index is 0.0273. The van der Waals surface area contributed by atoms with E-state index < -0.39 is 16.2 Å². The van der Waals surface area contributed by atoms with E-state index in [-0.39, 0.29) is 16.4 Å². The second kappa shape index (κ2) is 13.5. The number of sulfonamides is 1. The van der Waals surface area contributed by atoms with Crippen molar-refractivity contribution in [2.24, 2.45) is 0 Å². The Balaban J connectivity index is 1.51. The number of halogens is 1. The van der Waals surface area contributed by atoms with Crippen molar-refractivity contribution in [1.29, 1.82) is 0 Å². The number of methoxy groups -OCH3 is 1. The SMILES string of the molecule is CCOc1ccc(NS(=O)(=O)c2ccc3c(c2)C(=O)N(c2ccc(C)cc2)[C@H](c2cc(Br)ccc2OC)N3Cc2ccccc2)cc1. The number of fused-ring (bicyclic) bond motifs is 1. The second-order valence-corrected chi connectivity index (χ2v) is 13.7. The molecule has 0 aliphatic carbocycles. The maximum Gasteiger partial charge on any atom is 0.262 e. The van der Waals surface area contributed by atoms with Crippen molar-refractivity contribution in [1.82, 2.24) is 0 Å². The Hall–Kier alpha value is -4.80. The van der Waals surface area contributed by atoms with Gasteiger partial charge < -0.3 is 14.4 Å². The molecule has 1 N–H and O–H groups in total. The number of rotatable bonds is 10. The summed E-state index contributed by atoms with van der Waals surface area (Å²) >= 11 is 3.62. The highest BCUT2D eigenvalue weighted by molar-refractivity contribution is 9.10. The number of amides is 1. The standard InChI is InChI=1S/C37H34BrN3O5S/c1-4-46-30-17-13-28(14-18-30)39-47(43,44)31-19-20-34-32(23-31)37(42)41(29-15-10-25(2)11-16-29)36(33-22-27(38)12-21-35(33)45-3)40(34)24-26-8-6-5-7-9-26/h5-23,36,39H,4,24H2,1-3H3/t36-/m1/s1. The van der Waals surface area contributed by atoms with Crippen LogP contribution in [-0.4, -0.2) is 28.0 Å². The van der Waals surface area contributed by atoms with Crippen molar-refractivity contribution in [2.75, 3.05) is 28.2 Å². The fraction of sp³-hybridized carbons (Fsp3) is 0.162. The lowest BCUT2D eigenvalue weighted by Crippen LogP contribution is -2.49. The van der Waals surface area contributed by atoms with Gasteiger partial charge in [0.1, 0.15) is 17.7 Å². The van der Waals surface area contributed by atoms with Crippen LogP contribution in [0.5, 0.6) is 11.5 Å². The molecule has 10 heteroatoms. The summed E-state index contributed by atoms with van der Waals surface area (Å²) in [6.45, 7) is 4.80. The van der Waals surface area contributed by atoms with Gasteiger partial charge in [0, 0.05) is 28.0 Å². The normalized spacial score (nSPS) is 14.5. The van der Waals surface area contributed by atoms with Crippen LogP contribution in [0.1, 0.15) is 40.1 Å². The average molecular weight is 713 g/mol. The summed E-state index contributed by atoms with van der Waals surface area (Å²) in [7, 11) is -2.44. The Kier molecular flexibility index (Phi) is 9.24. The fourth-order valence-electron chi connectivity index (χ4n) is 5.75. The summed E-state index contributed by atoms with van der Waals surface area (Å²) in [6, 6.07) is 34.8. The number of aryl methyl sites for hydroxylation is 1. The van der Waals surface area contributed by atoms with Gasteiger partial charge in [-0.25, -0.2) is 8.42 Å². The minimum Gasteiger partial charge on any atom is -0.496 e. The molecule has 1 amide bonds. The lowest BCUT2D eigenvalue weighted by Gasteiger charge is -2.46. The topological polar surface area (TPSA) is 88.2 Å². The number of carbonyl (C=O) groups is 1. The summed E-state index contributed by atoms with van der Waals surface area (Å²) in [5.74, 6) is 0.919. The molecular weight excluding hydrogens is 678 g/mol. The maximum atomic E-state index is 14.7. The van der Waals surface area contributed by atoms with Gasteiger partial charge in [0.15, 0.2) is 0 Å². The van der Waals surface area contributed by atoms with Gasteiger partial charge in [-0.3, -0.25) is 14.4 Å². The lowest BCUT2D eigenvalue weighted by atomic mass is 9.98. The summed E-state index contributed by atoms with van der Waals surface area (Å²) in [5, 5.41) is 0. The molecule has 8 nitrogen and oxygen atoms in total. The molecule has 47 heavy (non-hydrogen) atoms. The van der Waals surface area contributed by atoms with E-state index in [1.54, 1.807) is 42.3 Å². The van der Waals surface area contributed by atoms with Gasteiger partial charge in [0.2, 0.25) is 0 Å². The van der Waals surface area contributed by atoms with E-state index in [0.29, 0.717) is 41.7 Å². The molecule has 0 saturated heterocycles. The molecule has 1 aliphatic rings. The average Bonchev–Trinajstić information content (AvgIpc) is 3.07. The molecule has 0 spiro atoms. The Morgan fingerprint density at radius 3 is 2.28 bits per heavy atom. The number of anilines is 3. The summed E-state index contributed by atoms with van der Waals surface area (Å²) in [6.07, 6.45) is -0.630. The monoisotopic (exact) mass is 711 g/mol. The number of nitrogens with zero attached hydrogens (tertiary/aromatic N) is 2. The van der Waals surface area contributed by atoms with Crippen LogP contribution in [0.2, 0.25) is 0 Å². The molecule has 0 fully saturated rings. The third-order valence-corrected chi connectivity index (χ3v) is 9.84. The molecule has 0 aromatic heterocycles. The Labute approximate surface area is 283 Å². The number of ether oxygens (including phenoxy) is 2. The van der Waals surface area contributed by atoms with Crippen LogP contribution in [0.25, 0.3) is 0 Å². The van der Waals surface area contributed by atoms with Crippen molar-refractivity contribution in [3.8, 4) is 11.5 Å². The highest BCUT2D eigenvalue weighted by Gasteiger charge is 2.41. The Morgan fingerprint density at radius 1 is 0.872 bits per heavy atom. The minimum atomic E-state index is -4.05. The van der Waals surface area contributed by atoms with Crippen molar-refractivity contribution in [3.05, 3.63) is 142 Å². The van der Waals surface area contributed by atoms with Crippen LogP contribution in [0.15, 0.2) is 125 Å². The molecule has 0 unspecified atom stereocenters. The second-order valence-electron chi connectivity index (χ2n) is 11.1. The van der Waals surface area contributed by atoms with Crippen molar-refractivity contribution in [3.63, 3.8) is 0 Å². The van der Waals surface area contributed by atoms with Crippen LogP contribution in [0.4, 0.5) is 17.1 Å². The van der Waals surface area contributed by atoms with Gasteiger partial charge in [0.05, 0.1) is 29.9 Å². The van der Waals surface area contributed by atoms with E-state index >= 15 is 0 Å². The predicted molar refractivity (Wildman–Crippen MR) is 189 cm³/mol. The molecule has 1 heterocycles. The fourth-order valence-corrected chi connectivity index (χ4v) is 7.21. The number of hydrogen-bond acceptors (Lipinski definition) is 6. The zero-order valence-corrected chi connectivity index (χ0v) is 28.6. The third kappa shape index (κ3) is 6.70. The summed E-state index contributed by atoms with van der Waals surface area (Å²) in [4.78, 5) is 18.5. The number of benzene rings is 5. The highest BCUT2D eigenvalue weighted by Crippen LogP contribution is 2.46. The molecule has 1 aliphatic heterocycles. The van der Waals surface area contributed by atoms with E-state index in [1.165, 1.54) is 12.1 Å². The summed E-state index contributed by atoms with van der Waals surface area (Å²) in [5.41, 5.74) is 4.75. The molecule has 1 atom stereocenters. The van der Waals surface area contributed by atoms with Crippen LogP contribution < -0.4 is 24.0 Å².